The van der Waals surface area contributed by atoms with E-state index in [2.05, 4.69) is 36.4 Å². The van der Waals surface area contributed by atoms with Crippen LogP contribution in [0.4, 0.5) is 0 Å². The summed E-state index contributed by atoms with van der Waals surface area (Å²) in [4.78, 5) is 0. The molecule has 1 aliphatic carbocycles. The van der Waals surface area contributed by atoms with Gasteiger partial charge in [0, 0.05) is 6.42 Å². The van der Waals surface area contributed by atoms with E-state index in [4.69, 9.17) is 0 Å². The Labute approximate surface area is 130 Å². The second-order valence-electron chi connectivity index (χ2n) is 5.92. The van der Waals surface area contributed by atoms with Crippen molar-refractivity contribution in [2.75, 3.05) is 0 Å². The van der Waals surface area contributed by atoms with Crippen LogP contribution in [-0.4, -0.2) is 5.11 Å². The van der Waals surface area contributed by atoms with Crippen LogP contribution in [0.2, 0.25) is 0 Å². The van der Waals surface area contributed by atoms with Crippen molar-refractivity contribution in [3.05, 3.63) is 83.9 Å². The van der Waals surface area contributed by atoms with E-state index >= 15 is 0 Å². The predicted octanol–water partition coefficient (Wildman–Crippen LogP) is 5.02. The van der Waals surface area contributed by atoms with E-state index < -0.39 is 5.60 Å². The van der Waals surface area contributed by atoms with Crippen LogP contribution < -0.4 is 0 Å². The average Bonchev–Trinajstić information content (AvgIpc) is 2.81. The molecule has 0 aromatic heterocycles. The number of fused-ring (bicyclic) bond motifs is 4. The minimum absolute atomic E-state index is 0.603. The van der Waals surface area contributed by atoms with Crippen molar-refractivity contribution in [1.82, 2.24) is 0 Å². The van der Waals surface area contributed by atoms with Gasteiger partial charge in [0.1, 0.15) is 5.60 Å². The zero-order valence-electron chi connectivity index (χ0n) is 12.6. The van der Waals surface area contributed by atoms with E-state index in [1.807, 2.05) is 43.3 Å². The molecule has 0 heterocycles. The highest BCUT2D eigenvalue weighted by molar-refractivity contribution is 5.93. The van der Waals surface area contributed by atoms with E-state index in [1.54, 1.807) is 0 Å². The molecule has 3 aromatic carbocycles. The van der Waals surface area contributed by atoms with Gasteiger partial charge in [-0.1, -0.05) is 60.7 Å². The number of aliphatic hydroxyl groups is 1. The van der Waals surface area contributed by atoms with Crippen LogP contribution in [0.15, 0.2) is 72.8 Å². The first-order valence-corrected chi connectivity index (χ1v) is 7.71. The van der Waals surface area contributed by atoms with Crippen molar-refractivity contribution in [2.24, 2.45) is 0 Å². The maximum absolute atomic E-state index is 11.4. The molecule has 1 heteroatoms. The maximum atomic E-state index is 11.4. The summed E-state index contributed by atoms with van der Waals surface area (Å²) in [6, 6.07) is 20.9. The third kappa shape index (κ3) is 1.76. The zero-order valence-corrected chi connectivity index (χ0v) is 12.6. The highest BCUT2D eigenvalue weighted by Crippen LogP contribution is 2.50. The Kier molecular flexibility index (Phi) is 2.91. The highest BCUT2D eigenvalue weighted by atomic mass is 16.3. The van der Waals surface area contributed by atoms with Gasteiger partial charge in [-0.2, -0.15) is 0 Å². The fourth-order valence-corrected chi connectivity index (χ4v) is 3.54. The summed E-state index contributed by atoms with van der Waals surface area (Å²) in [6.07, 6.45) is 4.65. The molecular formula is C21H18O. The molecule has 1 nitrogen and oxygen atoms in total. The Bertz CT molecular complexity index is 891. The number of hydrogen-bond donors (Lipinski definition) is 1. The quantitative estimate of drug-likeness (QED) is 0.656. The molecule has 0 fully saturated rings. The lowest BCUT2D eigenvalue weighted by atomic mass is 9.87. The average molecular weight is 286 g/mol. The van der Waals surface area contributed by atoms with Gasteiger partial charge >= 0.3 is 0 Å². The monoisotopic (exact) mass is 286 g/mol. The summed E-state index contributed by atoms with van der Waals surface area (Å²) >= 11 is 0. The van der Waals surface area contributed by atoms with Gasteiger partial charge in [-0.3, -0.25) is 0 Å². The fraction of sp³-hybridized carbons (Fsp3) is 0.143. The number of hydrogen-bond acceptors (Lipinski definition) is 1. The van der Waals surface area contributed by atoms with Crippen molar-refractivity contribution in [3.63, 3.8) is 0 Å². The van der Waals surface area contributed by atoms with Crippen molar-refractivity contribution in [2.45, 2.75) is 18.9 Å². The smallest absolute Gasteiger partial charge is 0.119 e. The molecular weight excluding hydrogens is 268 g/mol. The fourth-order valence-electron chi connectivity index (χ4n) is 3.54. The zero-order chi connectivity index (χ0) is 15.2. The lowest BCUT2D eigenvalue weighted by molar-refractivity contribution is 0.0891. The van der Waals surface area contributed by atoms with Crippen LogP contribution in [-0.2, 0) is 5.60 Å². The number of benzene rings is 3. The Morgan fingerprint density at radius 3 is 2.32 bits per heavy atom. The van der Waals surface area contributed by atoms with E-state index in [0.717, 1.165) is 22.3 Å². The van der Waals surface area contributed by atoms with Crippen LogP contribution in [0, 0.1) is 0 Å². The summed E-state index contributed by atoms with van der Waals surface area (Å²) in [5.41, 5.74) is 3.41. The van der Waals surface area contributed by atoms with Crippen molar-refractivity contribution >= 4 is 10.8 Å². The Hall–Kier alpha value is -2.38. The largest absolute Gasteiger partial charge is 0.380 e. The van der Waals surface area contributed by atoms with E-state index in [-0.39, 0.29) is 0 Å². The molecule has 1 unspecified atom stereocenters. The van der Waals surface area contributed by atoms with Gasteiger partial charge in [0.25, 0.3) is 0 Å². The molecule has 1 atom stereocenters. The highest BCUT2D eigenvalue weighted by Gasteiger charge is 2.40. The molecule has 0 spiro atoms. The lowest BCUT2D eigenvalue weighted by Crippen LogP contribution is -2.23. The molecule has 108 valence electrons. The molecule has 4 rings (SSSR count). The van der Waals surface area contributed by atoms with Gasteiger partial charge in [-0.15, -0.1) is 0 Å². The van der Waals surface area contributed by atoms with E-state index in [1.165, 1.54) is 10.8 Å². The number of allylic oxidation sites excluding steroid dienone is 1. The van der Waals surface area contributed by atoms with Gasteiger partial charge in [0.15, 0.2) is 0 Å². The van der Waals surface area contributed by atoms with Crippen LogP contribution >= 0.6 is 0 Å². The minimum atomic E-state index is -0.928. The van der Waals surface area contributed by atoms with Crippen LogP contribution in [0.1, 0.15) is 24.5 Å². The SMILES string of the molecule is C/C=C/CC1(O)c2ccccc2-c2cc3ccccc3cc21. The summed E-state index contributed by atoms with van der Waals surface area (Å²) in [7, 11) is 0. The van der Waals surface area contributed by atoms with Crippen LogP contribution in [0.3, 0.4) is 0 Å². The summed E-state index contributed by atoms with van der Waals surface area (Å²) in [5.74, 6) is 0. The van der Waals surface area contributed by atoms with Gasteiger partial charge in [-0.05, 0) is 52.1 Å². The lowest BCUT2D eigenvalue weighted by Gasteiger charge is -2.24. The number of rotatable bonds is 2. The normalized spacial score (nSPS) is 19.5. The molecule has 0 saturated carbocycles. The molecule has 1 aliphatic rings. The molecule has 0 aliphatic heterocycles. The third-order valence-electron chi connectivity index (χ3n) is 4.64. The molecule has 0 amide bonds. The molecule has 0 radical (unpaired) electrons. The first-order chi connectivity index (χ1) is 10.7. The topological polar surface area (TPSA) is 20.2 Å². The standard InChI is InChI=1S/C21H18O/c1-2-3-12-21(22)19-11-7-6-10-17(19)18-13-15-8-4-5-9-16(15)14-20(18)21/h2-11,13-14,22H,12H2,1H3/b3-2+. The summed E-state index contributed by atoms with van der Waals surface area (Å²) < 4.78 is 0. The van der Waals surface area contributed by atoms with Crippen LogP contribution in [0.25, 0.3) is 21.9 Å². The summed E-state index contributed by atoms with van der Waals surface area (Å²) in [5, 5.41) is 13.8. The van der Waals surface area contributed by atoms with E-state index in [0.29, 0.717) is 6.42 Å². The van der Waals surface area contributed by atoms with Crippen molar-refractivity contribution in [3.8, 4) is 11.1 Å². The summed E-state index contributed by atoms with van der Waals surface area (Å²) in [6.45, 7) is 1.99. The van der Waals surface area contributed by atoms with Crippen molar-refractivity contribution in [1.29, 1.82) is 0 Å². The molecule has 22 heavy (non-hydrogen) atoms. The Morgan fingerprint density at radius 2 is 1.55 bits per heavy atom. The first-order valence-electron chi connectivity index (χ1n) is 7.71. The van der Waals surface area contributed by atoms with E-state index in [9.17, 15) is 5.11 Å². The molecule has 1 N–H and O–H groups in total. The molecule has 0 saturated heterocycles. The van der Waals surface area contributed by atoms with Crippen molar-refractivity contribution < 1.29 is 5.11 Å². The van der Waals surface area contributed by atoms with Crippen LogP contribution in [0.5, 0.6) is 0 Å². The third-order valence-corrected chi connectivity index (χ3v) is 4.64. The maximum Gasteiger partial charge on any atom is 0.119 e. The van der Waals surface area contributed by atoms with Gasteiger partial charge < -0.3 is 5.11 Å². The van der Waals surface area contributed by atoms with Gasteiger partial charge in [0.05, 0.1) is 0 Å². The Morgan fingerprint density at radius 1 is 0.864 bits per heavy atom. The Balaban J connectivity index is 2.05. The van der Waals surface area contributed by atoms with Gasteiger partial charge in [0.2, 0.25) is 0 Å². The minimum Gasteiger partial charge on any atom is -0.380 e. The van der Waals surface area contributed by atoms with Gasteiger partial charge in [-0.25, -0.2) is 0 Å². The second kappa shape index (κ2) is 4.82. The first kappa shape index (κ1) is 13.3. The molecule has 0 bridgehead atoms. The molecule has 3 aromatic rings. The second-order valence-corrected chi connectivity index (χ2v) is 5.92. The predicted molar refractivity (Wildman–Crippen MR) is 91.8 cm³/mol.